The van der Waals surface area contributed by atoms with Gasteiger partial charge in [0.15, 0.2) is 17.5 Å². The van der Waals surface area contributed by atoms with Crippen molar-refractivity contribution in [3.8, 4) is 11.3 Å². The smallest absolute Gasteiger partial charge is 0.194 e. The molecule has 0 aliphatic carbocycles. The van der Waals surface area contributed by atoms with Crippen molar-refractivity contribution in [1.29, 1.82) is 0 Å². The number of aliphatic hydroxyl groups excluding tert-OH is 6. The SMILES string of the molecule is CC(C)c1cn(C2C(O)[C@@H](CO)OC(S[C@@H]3OC(CO)[C@H](O)[C@H](n4cc(-c5cc(F)c(F)c(F)c5)nn4)C3O)[C@@H]2O)nn1. The highest BCUT2D eigenvalue weighted by atomic mass is 32.2. The van der Waals surface area contributed by atoms with Crippen LogP contribution in [0.2, 0.25) is 0 Å². The summed E-state index contributed by atoms with van der Waals surface area (Å²) in [6.45, 7) is 2.47. The first-order valence-electron chi connectivity index (χ1n) is 13.3. The molecule has 2 aromatic heterocycles. The standard InChI is InChI=1S/C25H31F3N6O8S/c1-9(2)13-5-33(31-29-13)18-20(37)15(7-35)41-24(22(18)39)43-25-23(40)19(21(38)16(8-36)42-25)34-6-14(30-32-34)10-3-11(26)17(28)12(27)4-10/h3-6,9,15-16,18-25,35-40H,7-8H2,1-2H3/t15-,16?,18?,19+,20?,21+,22-,23?,24?,25+/m1/s1. The molecule has 4 heterocycles. The third kappa shape index (κ3) is 6.03. The van der Waals surface area contributed by atoms with E-state index in [-0.39, 0.29) is 17.2 Å². The number of aromatic nitrogens is 6. The van der Waals surface area contributed by atoms with E-state index in [1.165, 1.54) is 10.9 Å². The molecule has 0 radical (unpaired) electrons. The second-order valence-electron chi connectivity index (χ2n) is 10.6. The fraction of sp³-hybridized carbons (Fsp3) is 0.600. The molecule has 5 rings (SSSR count). The molecule has 2 aliphatic rings. The van der Waals surface area contributed by atoms with Crippen molar-refractivity contribution < 1.29 is 53.3 Å². The maximum Gasteiger partial charge on any atom is 0.194 e. The van der Waals surface area contributed by atoms with Crippen LogP contribution in [-0.2, 0) is 9.47 Å². The summed E-state index contributed by atoms with van der Waals surface area (Å²) in [7, 11) is 0. The Morgan fingerprint density at radius 1 is 0.791 bits per heavy atom. The van der Waals surface area contributed by atoms with Crippen molar-refractivity contribution in [1.82, 2.24) is 30.0 Å². The van der Waals surface area contributed by atoms with Crippen LogP contribution in [0.15, 0.2) is 24.5 Å². The monoisotopic (exact) mass is 632 g/mol. The Morgan fingerprint density at radius 2 is 1.28 bits per heavy atom. The molecule has 0 bridgehead atoms. The zero-order chi connectivity index (χ0) is 31.2. The van der Waals surface area contributed by atoms with Gasteiger partial charge in [-0.1, -0.05) is 36.0 Å². The number of rotatable bonds is 8. The molecule has 18 heteroatoms. The lowest BCUT2D eigenvalue weighted by atomic mass is 9.97. The van der Waals surface area contributed by atoms with Crippen LogP contribution in [0.25, 0.3) is 11.3 Å². The Kier molecular flexibility index (Phi) is 9.40. The topological polar surface area (TPSA) is 201 Å². The van der Waals surface area contributed by atoms with Crippen molar-refractivity contribution >= 4 is 11.8 Å². The van der Waals surface area contributed by atoms with Gasteiger partial charge in [-0.25, -0.2) is 22.5 Å². The largest absolute Gasteiger partial charge is 0.394 e. The second-order valence-corrected chi connectivity index (χ2v) is 11.8. The average Bonchev–Trinajstić information content (AvgIpc) is 3.65. The number of hydrogen-bond donors (Lipinski definition) is 6. The second kappa shape index (κ2) is 12.7. The van der Waals surface area contributed by atoms with Crippen molar-refractivity contribution in [2.24, 2.45) is 0 Å². The number of nitrogens with zero attached hydrogens (tertiary/aromatic N) is 6. The minimum atomic E-state index is -1.66. The van der Waals surface area contributed by atoms with E-state index in [0.717, 1.165) is 16.4 Å². The fourth-order valence-electron chi connectivity index (χ4n) is 5.08. The lowest BCUT2D eigenvalue weighted by Crippen LogP contribution is -2.58. The predicted molar refractivity (Wildman–Crippen MR) is 141 cm³/mol. The highest BCUT2D eigenvalue weighted by Gasteiger charge is 2.51. The van der Waals surface area contributed by atoms with Gasteiger partial charge in [-0.3, -0.25) is 0 Å². The molecule has 236 valence electrons. The molecule has 2 saturated heterocycles. The number of aliphatic hydroxyl groups is 6. The molecular formula is C25H31F3N6O8S. The van der Waals surface area contributed by atoms with Gasteiger partial charge in [-0.15, -0.1) is 10.2 Å². The van der Waals surface area contributed by atoms with E-state index < -0.39 is 90.2 Å². The number of benzene rings is 1. The Balaban J connectivity index is 1.41. The minimum absolute atomic E-state index is 0.00431. The molecule has 0 spiro atoms. The first-order valence-corrected chi connectivity index (χ1v) is 14.3. The summed E-state index contributed by atoms with van der Waals surface area (Å²) in [5, 5.41) is 79.9. The summed E-state index contributed by atoms with van der Waals surface area (Å²) >= 11 is 0.766. The van der Waals surface area contributed by atoms with E-state index in [4.69, 9.17) is 9.47 Å². The van der Waals surface area contributed by atoms with Crippen LogP contribution >= 0.6 is 11.8 Å². The molecule has 5 unspecified atom stereocenters. The van der Waals surface area contributed by atoms with E-state index in [1.54, 1.807) is 6.20 Å². The summed E-state index contributed by atoms with van der Waals surface area (Å²) in [6, 6.07) is -1.00. The van der Waals surface area contributed by atoms with Gasteiger partial charge in [0.25, 0.3) is 0 Å². The molecule has 0 saturated carbocycles. The number of halogens is 3. The van der Waals surface area contributed by atoms with Gasteiger partial charge in [-0.2, -0.15) is 0 Å². The number of hydrogen-bond acceptors (Lipinski definition) is 13. The normalized spacial score (nSPS) is 33.3. The van der Waals surface area contributed by atoms with Crippen LogP contribution in [0, 0.1) is 17.5 Å². The minimum Gasteiger partial charge on any atom is -0.394 e. The van der Waals surface area contributed by atoms with Gasteiger partial charge < -0.3 is 40.1 Å². The lowest BCUT2D eigenvalue weighted by Gasteiger charge is -2.46. The van der Waals surface area contributed by atoms with E-state index in [0.29, 0.717) is 17.8 Å². The highest BCUT2D eigenvalue weighted by Crippen LogP contribution is 2.42. The number of thioether (sulfide) groups is 1. The Labute approximate surface area is 246 Å². The van der Waals surface area contributed by atoms with E-state index in [1.807, 2.05) is 13.8 Å². The summed E-state index contributed by atoms with van der Waals surface area (Å²) in [4.78, 5) is 0. The van der Waals surface area contributed by atoms with Gasteiger partial charge in [0.1, 0.15) is 65.3 Å². The third-order valence-corrected chi connectivity index (χ3v) is 8.80. The van der Waals surface area contributed by atoms with Crippen LogP contribution in [0.5, 0.6) is 0 Å². The van der Waals surface area contributed by atoms with Crippen LogP contribution < -0.4 is 0 Å². The summed E-state index contributed by atoms with van der Waals surface area (Å²) in [5.41, 5.74) is -2.16. The quantitative estimate of drug-likeness (QED) is 0.173. The molecule has 1 aromatic carbocycles. The summed E-state index contributed by atoms with van der Waals surface area (Å²) in [6.07, 6.45) is -5.68. The third-order valence-electron chi connectivity index (χ3n) is 7.49. The highest BCUT2D eigenvalue weighted by molar-refractivity contribution is 8.00. The molecule has 0 amide bonds. The first kappa shape index (κ1) is 31.7. The molecule has 3 aromatic rings. The fourth-order valence-corrected chi connectivity index (χ4v) is 6.40. The van der Waals surface area contributed by atoms with E-state index in [9.17, 15) is 43.8 Å². The Hall–Kier alpha value is -2.68. The van der Waals surface area contributed by atoms with Crippen molar-refractivity contribution in [3.05, 3.63) is 47.7 Å². The Bertz CT molecular complexity index is 1390. The van der Waals surface area contributed by atoms with E-state index >= 15 is 0 Å². The predicted octanol–water partition coefficient (Wildman–Crippen LogP) is -0.529. The van der Waals surface area contributed by atoms with Gasteiger partial charge in [0.05, 0.1) is 25.1 Å². The Morgan fingerprint density at radius 3 is 1.74 bits per heavy atom. The van der Waals surface area contributed by atoms with Gasteiger partial charge in [0, 0.05) is 11.8 Å². The van der Waals surface area contributed by atoms with Crippen molar-refractivity contribution in [2.45, 2.75) is 79.3 Å². The molecule has 14 nitrogen and oxygen atoms in total. The molecule has 2 fully saturated rings. The maximum atomic E-state index is 13.8. The van der Waals surface area contributed by atoms with Crippen LogP contribution in [-0.4, -0.2) is 121 Å². The molecule has 10 atom stereocenters. The average molecular weight is 633 g/mol. The van der Waals surface area contributed by atoms with Crippen LogP contribution in [0.1, 0.15) is 37.5 Å². The molecule has 43 heavy (non-hydrogen) atoms. The van der Waals surface area contributed by atoms with Crippen LogP contribution in [0.4, 0.5) is 13.2 Å². The zero-order valence-electron chi connectivity index (χ0n) is 22.8. The van der Waals surface area contributed by atoms with Crippen LogP contribution in [0.3, 0.4) is 0 Å². The van der Waals surface area contributed by atoms with Gasteiger partial charge in [-0.05, 0) is 18.1 Å². The van der Waals surface area contributed by atoms with Crippen molar-refractivity contribution in [2.75, 3.05) is 13.2 Å². The zero-order valence-corrected chi connectivity index (χ0v) is 23.6. The van der Waals surface area contributed by atoms with Crippen molar-refractivity contribution in [3.63, 3.8) is 0 Å². The molecule has 6 N–H and O–H groups in total. The number of ether oxygens (including phenoxy) is 2. The van der Waals surface area contributed by atoms with Gasteiger partial charge >= 0.3 is 0 Å². The summed E-state index contributed by atoms with van der Waals surface area (Å²) in [5.74, 6) is -4.56. The maximum absolute atomic E-state index is 13.8. The summed E-state index contributed by atoms with van der Waals surface area (Å²) < 4.78 is 54.8. The van der Waals surface area contributed by atoms with E-state index in [2.05, 4.69) is 20.6 Å². The first-order chi connectivity index (χ1) is 20.4. The lowest BCUT2D eigenvalue weighted by molar-refractivity contribution is -0.189. The molecular weight excluding hydrogens is 601 g/mol. The molecule has 2 aliphatic heterocycles. The van der Waals surface area contributed by atoms with Gasteiger partial charge in [0.2, 0.25) is 0 Å².